The molecule has 20 heavy (non-hydrogen) atoms. The van der Waals surface area contributed by atoms with E-state index in [1.807, 2.05) is 6.92 Å². The Bertz CT molecular complexity index is 649. The molecule has 2 rings (SSSR count). The van der Waals surface area contributed by atoms with Crippen LogP contribution >= 0.6 is 0 Å². The Morgan fingerprint density at radius 1 is 1.40 bits per heavy atom. The van der Waals surface area contributed by atoms with E-state index in [1.54, 1.807) is 19.1 Å². The molecule has 0 fully saturated rings. The minimum Gasteiger partial charge on any atom is -0.485 e. The molecule has 0 bridgehead atoms. The van der Waals surface area contributed by atoms with Gasteiger partial charge in [-0.25, -0.2) is 14.4 Å². The number of ether oxygens (including phenoxy) is 1. The van der Waals surface area contributed by atoms with Crippen LogP contribution < -0.4 is 4.74 Å². The van der Waals surface area contributed by atoms with Gasteiger partial charge < -0.3 is 9.84 Å². The van der Waals surface area contributed by atoms with Crippen LogP contribution in [0.5, 0.6) is 5.75 Å². The lowest BCUT2D eigenvalue weighted by Crippen LogP contribution is -2.01. The molecular weight excluding hydrogens is 262 g/mol. The van der Waals surface area contributed by atoms with Crippen LogP contribution in [0.25, 0.3) is 6.08 Å². The highest BCUT2D eigenvalue weighted by atomic mass is 16.6. The maximum atomic E-state index is 10.6. The number of hydrogen-bond acceptors (Lipinski definition) is 6. The van der Waals surface area contributed by atoms with Gasteiger partial charge >= 0.3 is 5.97 Å². The maximum absolute atomic E-state index is 10.6. The lowest BCUT2D eigenvalue weighted by atomic mass is 10.2. The Kier molecular flexibility index (Phi) is 4.09. The summed E-state index contributed by atoms with van der Waals surface area (Å²) in [6, 6.07) is 3.51. The minimum atomic E-state index is -1.05. The summed E-state index contributed by atoms with van der Waals surface area (Å²) >= 11 is 0. The lowest BCUT2D eigenvalue weighted by Gasteiger charge is -2.07. The first-order valence-electron chi connectivity index (χ1n) is 5.86. The van der Waals surface area contributed by atoms with Crippen molar-refractivity contribution in [3.8, 4) is 5.75 Å². The molecule has 0 saturated heterocycles. The van der Waals surface area contributed by atoms with E-state index < -0.39 is 5.97 Å². The van der Waals surface area contributed by atoms with Crippen LogP contribution in [0.1, 0.15) is 22.8 Å². The molecule has 7 heteroatoms. The van der Waals surface area contributed by atoms with Crippen molar-refractivity contribution in [1.29, 1.82) is 0 Å². The predicted molar refractivity (Wildman–Crippen MR) is 69.0 cm³/mol. The van der Waals surface area contributed by atoms with E-state index in [4.69, 9.17) is 9.84 Å². The fourth-order valence-electron chi connectivity index (χ4n) is 1.48. The van der Waals surface area contributed by atoms with Gasteiger partial charge in [0, 0.05) is 11.8 Å². The fraction of sp³-hybridized carbons (Fsp3) is 0.231. The molecule has 2 aromatic heterocycles. The molecule has 7 nitrogen and oxygen atoms in total. The van der Waals surface area contributed by atoms with Gasteiger partial charge in [0.1, 0.15) is 29.4 Å². The van der Waals surface area contributed by atoms with Crippen LogP contribution in [0.3, 0.4) is 0 Å². The standard InChI is InChI=1S/C13H13N3O4/c1-8-3-5-12(10(14-8)4-6-13(17)18)19-7-11-9(2)15-20-16-11/h3-6H,7H2,1-2H3,(H,17,18). The van der Waals surface area contributed by atoms with Gasteiger partial charge in [0.2, 0.25) is 0 Å². The largest absolute Gasteiger partial charge is 0.485 e. The number of pyridine rings is 1. The molecular formula is C13H13N3O4. The molecule has 0 aliphatic carbocycles. The smallest absolute Gasteiger partial charge is 0.328 e. The number of hydrogen-bond donors (Lipinski definition) is 1. The third-order valence-electron chi connectivity index (χ3n) is 2.52. The Balaban J connectivity index is 2.18. The summed E-state index contributed by atoms with van der Waals surface area (Å²) in [4.78, 5) is 14.8. The number of aliphatic carboxylic acids is 1. The zero-order valence-electron chi connectivity index (χ0n) is 11.0. The molecule has 0 radical (unpaired) electrons. The average Bonchev–Trinajstić information content (AvgIpc) is 2.81. The van der Waals surface area contributed by atoms with Gasteiger partial charge in [0.05, 0.1) is 0 Å². The van der Waals surface area contributed by atoms with Crippen molar-refractivity contribution in [2.75, 3.05) is 0 Å². The quantitative estimate of drug-likeness (QED) is 0.830. The van der Waals surface area contributed by atoms with Gasteiger partial charge in [-0.2, -0.15) is 0 Å². The SMILES string of the molecule is Cc1ccc(OCc2nonc2C)c(C=CC(=O)O)n1. The van der Waals surface area contributed by atoms with Crippen LogP contribution in [0.2, 0.25) is 0 Å². The van der Waals surface area contributed by atoms with Crippen molar-refractivity contribution in [2.45, 2.75) is 20.5 Å². The van der Waals surface area contributed by atoms with Crippen LogP contribution in [0.15, 0.2) is 22.8 Å². The molecule has 0 aromatic carbocycles. The van der Waals surface area contributed by atoms with E-state index in [0.717, 1.165) is 11.8 Å². The molecule has 0 unspecified atom stereocenters. The maximum Gasteiger partial charge on any atom is 0.328 e. The third-order valence-corrected chi connectivity index (χ3v) is 2.52. The normalized spacial score (nSPS) is 10.9. The Labute approximate surface area is 114 Å². The highest BCUT2D eigenvalue weighted by Gasteiger charge is 2.09. The van der Waals surface area contributed by atoms with Gasteiger partial charge in [0.15, 0.2) is 0 Å². The number of carboxylic acid groups (broad SMARTS) is 1. The number of carbonyl (C=O) groups is 1. The first-order chi connectivity index (χ1) is 9.56. The molecule has 0 saturated carbocycles. The van der Waals surface area contributed by atoms with Gasteiger partial charge in [-0.15, -0.1) is 0 Å². The summed E-state index contributed by atoms with van der Waals surface area (Å²) in [6.07, 6.45) is 2.40. The second-order valence-corrected chi connectivity index (χ2v) is 4.09. The first kappa shape index (κ1) is 13.7. The third kappa shape index (κ3) is 3.41. The number of nitrogens with zero attached hydrogens (tertiary/aromatic N) is 3. The van der Waals surface area contributed by atoms with E-state index >= 15 is 0 Å². The molecule has 2 aromatic rings. The monoisotopic (exact) mass is 275 g/mol. The van der Waals surface area contributed by atoms with Crippen LogP contribution in [-0.2, 0) is 11.4 Å². The number of rotatable bonds is 5. The summed E-state index contributed by atoms with van der Waals surface area (Å²) < 4.78 is 10.2. The molecule has 0 aliphatic rings. The van der Waals surface area contributed by atoms with Crippen molar-refractivity contribution >= 4 is 12.0 Å². The van der Waals surface area contributed by atoms with Crippen molar-refractivity contribution < 1.29 is 19.3 Å². The van der Waals surface area contributed by atoms with E-state index in [9.17, 15) is 4.79 Å². The van der Waals surface area contributed by atoms with E-state index in [1.165, 1.54) is 6.08 Å². The molecule has 0 spiro atoms. The summed E-state index contributed by atoms with van der Waals surface area (Å²) in [6.45, 7) is 3.75. The molecule has 104 valence electrons. The average molecular weight is 275 g/mol. The van der Waals surface area contributed by atoms with Crippen molar-refractivity contribution in [2.24, 2.45) is 0 Å². The van der Waals surface area contributed by atoms with Gasteiger partial charge in [-0.3, -0.25) is 0 Å². The van der Waals surface area contributed by atoms with E-state index in [-0.39, 0.29) is 6.61 Å². The van der Waals surface area contributed by atoms with Crippen LogP contribution in [-0.4, -0.2) is 26.4 Å². The molecule has 2 heterocycles. The zero-order chi connectivity index (χ0) is 14.5. The van der Waals surface area contributed by atoms with Gasteiger partial charge in [0.25, 0.3) is 0 Å². The Morgan fingerprint density at radius 2 is 2.20 bits per heavy atom. The number of aromatic nitrogens is 3. The first-order valence-corrected chi connectivity index (χ1v) is 5.86. The summed E-state index contributed by atoms with van der Waals surface area (Å²) in [5.41, 5.74) is 2.44. The van der Waals surface area contributed by atoms with Crippen LogP contribution in [0.4, 0.5) is 0 Å². The van der Waals surface area contributed by atoms with Crippen molar-refractivity contribution in [3.63, 3.8) is 0 Å². The van der Waals surface area contributed by atoms with Crippen molar-refractivity contribution in [3.05, 3.63) is 41.0 Å². The van der Waals surface area contributed by atoms with Crippen LogP contribution in [0, 0.1) is 13.8 Å². The summed E-state index contributed by atoms with van der Waals surface area (Å²) in [5.74, 6) is -0.577. The Hall–Kier alpha value is -2.70. The van der Waals surface area contributed by atoms with Gasteiger partial charge in [-0.05, 0) is 32.1 Å². The zero-order valence-corrected chi connectivity index (χ0v) is 11.0. The van der Waals surface area contributed by atoms with E-state index in [2.05, 4.69) is 19.9 Å². The lowest BCUT2D eigenvalue weighted by molar-refractivity contribution is -0.131. The molecule has 1 N–H and O–H groups in total. The summed E-state index contributed by atoms with van der Waals surface area (Å²) in [5, 5.41) is 16.0. The Morgan fingerprint density at radius 3 is 2.85 bits per heavy atom. The fourth-order valence-corrected chi connectivity index (χ4v) is 1.48. The van der Waals surface area contributed by atoms with E-state index in [0.29, 0.717) is 22.8 Å². The number of carboxylic acids is 1. The number of aryl methyl sites for hydroxylation is 2. The van der Waals surface area contributed by atoms with Gasteiger partial charge in [-0.1, -0.05) is 10.3 Å². The van der Waals surface area contributed by atoms with Crippen molar-refractivity contribution in [1.82, 2.24) is 15.3 Å². The highest BCUT2D eigenvalue weighted by molar-refractivity contribution is 5.85. The summed E-state index contributed by atoms with van der Waals surface area (Å²) in [7, 11) is 0. The molecule has 0 amide bonds. The molecule has 0 atom stereocenters. The minimum absolute atomic E-state index is 0.175. The molecule has 0 aliphatic heterocycles. The topological polar surface area (TPSA) is 98.3 Å². The predicted octanol–water partition coefficient (Wildman–Crippen LogP) is 1.76. The second-order valence-electron chi connectivity index (χ2n) is 4.09. The highest BCUT2D eigenvalue weighted by Crippen LogP contribution is 2.20. The second kappa shape index (κ2) is 5.96.